The van der Waals surface area contributed by atoms with Gasteiger partial charge in [0.05, 0.1) is 6.10 Å². The summed E-state index contributed by atoms with van der Waals surface area (Å²) >= 11 is 0. The van der Waals surface area contributed by atoms with Crippen LogP contribution in [-0.2, 0) is 9.53 Å². The second kappa shape index (κ2) is 12.7. The van der Waals surface area contributed by atoms with Crippen molar-refractivity contribution in [1.82, 2.24) is 0 Å². The summed E-state index contributed by atoms with van der Waals surface area (Å²) in [6, 6.07) is 0. The summed E-state index contributed by atoms with van der Waals surface area (Å²) in [7, 11) is 0. The molecule has 0 aromatic carbocycles. The van der Waals surface area contributed by atoms with Crippen LogP contribution in [0.3, 0.4) is 0 Å². The average Bonchev–Trinajstić information content (AvgIpc) is 2.55. The fraction of sp³-hybridized carbons (Fsp3) is 0.450. The minimum Gasteiger partial charge on any atom is -0.460 e. The largest absolute Gasteiger partial charge is 0.460 e. The van der Waals surface area contributed by atoms with Gasteiger partial charge in [-0.1, -0.05) is 55.0 Å². The van der Waals surface area contributed by atoms with Crippen molar-refractivity contribution in [3.05, 3.63) is 61.3 Å². The minimum atomic E-state index is -0.632. The standard InChI is InChI=1S/C20H28O3/c1-2-3-4-5-6-7-8-9-10-12-18-13-11-14-19(21)17-23-20(22)16-15-18/h2,8-13,15-16,18-19,21H,1,3-7,14,17H2/b9-8+,12-10+,13-11-,16-15-/t18?,19-/m1/s1. The molecular formula is C20H28O3. The van der Waals surface area contributed by atoms with Crippen molar-refractivity contribution in [3.8, 4) is 0 Å². The maximum atomic E-state index is 11.4. The third kappa shape index (κ3) is 10.5. The summed E-state index contributed by atoms with van der Waals surface area (Å²) in [5.74, 6) is -0.377. The lowest BCUT2D eigenvalue weighted by Crippen LogP contribution is -2.17. The van der Waals surface area contributed by atoms with E-state index in [9.17, 15) is 9.90 Å². The van der Waals surface area contributed by atoms with Crippen molar-refractivity contribution < 1.29 is 14.6 Å². The molecule has 0 spiro atoms. The highest BCUT2D eigenvalue weighted by Gasteiger charge is 2.07. The van der Waals surface area contributed by atoms with Crippen LogP contribution in [0.15, 0.2) is 61.3 Å². The number of ether oxygens (including phenoxy) is 1. The van der Waals surface area contributed by atoms with Gasteiger partial charge in [0, 0.05) is 12.0 Å². The molecule has 23 heavy (non-hydrogen) atoms. The van der Waals surface area contributed by atoms with E-state index in [-0.39, 0.29) is 12.5 Å². The molecule has 3 nitrogen and oxygen atoms in total. The van der Waals surface area contributed by atoms with Crippen molar-refractivity contribution in [2.24, 2.45) is 5.92 Å². The van der Waals surface area contributed by atoms with Gasteiger partial charge in [0.25, 0.3) is 0 Å². The van der Waals surface area contributed by atoms with Crippen LogP contribution in [0.4, 0.5) is 0 Å². The monoisotopic (exact) mass is 316 g/mol. The Bertz CT molecular complexity index is 458. The molecule has 1 unspecified atom stereocenters. The van der Waals surface area contributed by atoms with Crippen molar-refractivity contribution in [2.75, 3.05) is 6.61 Å². The molecule has 0 saturated carbocycles. The number of cyclic esters (lactones) is 1. The van der Waals surface area contributed by atoms with Crippen LogP contribution in [0.1, 0.15) is 38.5 Å². The second-order valence-corrected chi connectivity index (χ2v) is 5.62. The predicted molar refractivity (Wildman–Crippen MR) is 94.9 cm³/mol. The number of hydrogen-bond acceptors (Lipinski definition) is 3. The summed E-state index contributed by atoms with van der Waals surface area (Å²) in [6.07, 6.45) is 23.0. The average molecular weight is 316 g/mol. The van der Waals surface area contributed by atoms with Gasteiger partial charge in [-0.15, -0.1) is 6.58 Å². The number of rotatable bonds is 8. The van der Waals surface area contributed by atoms with Gasteiger partial charge >= 0.3 is 5.97 Å². The van der Waals surface area contributed by atoms with Crippen molar-refractivity contribution in [2.45, 2.75) is 44.6 Å². The quantitative estimate of drug-likeness (QED) is 0.315. The third-order valence-corrected chi connectivity index (χ3v) is 3.50. The van der Waals surface area contributed by atoms with Crippen LogP contribution in [-0.4, -0.2) is 23.8 Å². The van der Waals surface area contributed by atoms with Crippen molar-refractivity contribution >= 4 is 5.97 Å². The molecule has 0 bridgehead atoms. The first-order valence-electron chi connectivity index (χ1n) is 8.36. The van der Waals surface area contributed by atoms with E-state index >= 15 is 0 Å². The molecule has 1 aliphatic heterocycles. The first-order valence-corrected chi connectivity index (χ1v) is 8.36. The van der Waals surface area contributed by atoms with E-state index in [0.717, 1.165) is 12.8 Å². The molecule has 0 amide bonds. The topological polar surface area (TPSA) is 46.5 Å². The molecule has 1 rings (SSSR count). The van der Waals surface area contributed by atoms with Crippen molar-refractivity contribution in [3.63, 3.8) is 0 Å². The van der Waals surface area contributed by atoms with Gasteiger partial charge in [-0.25, -0.2) is 4.79 Å². The fourth-order valence-corrected chi connectivity index (χ4v) is 2.16. The Balaban J connectivity index is 2.38. The van der Waals surface area contributed by atoms with E-state index in [4.69, 9.17) is 4.74 Å². The normalized spacial score (nSPS) is 25.3. The molecule has 0 fully saturated rings. The third-order valence-electron chi connectivity index (χ3n) is 3.50. The van der Waals surface area contributed by atoms with Crippen molar-refractivity contribution in [1.29, 1.82) is 0 Å². The number of unbranched alkanes of at least 4 members (excludes halogenated alkanes) is 4. The summed E-state index contributed by atoms with van der Waals surface area (Å²) in [5, 5.41) is 9.60. The zero-order valence-electron chi connectivity index (χ0n) is 13.8. The summed E-state index contributed by atoms with van der Waals surface area (Å²) in [5.41, 5.74) is 0. The van der Waals surface area contributed by atoms with Gasteiger partial charge < -0.3 is 9.84 Å². The molecule has 1 heterocycles. The van der Waals surface area contributed by atoms with Gasteiger partial charge in [0.2, 0.25) is 0 Å². The first-order chi connectivity index (χ1) is 11.2. The molecule has 0 aliphatic carbocycles. The molecule has 2 atom stereocenters. The number of carbonyl (C=O) groups is 1. The minimum absolute atomic E-state index is 0.0325. The van der Waals surface area contributed by atoms with Gasteiger partial charge in [0.15, 0.2) is 0 Å². The van der Waals surface area contributed by atoms with Crippen LogP contribution in [0.2, 0.25) is 0 Å². The Morgan fingerprint density at radius 2 is 2.04 bits per heavy atom. The van der Waals surface area contributed by atoms with E-state index in [1.54, 1.807) is 6.08 Å². The maximum Gasteiger partial charge on any atom is 0.330 e. The van der Waals surface area contributed by atoms with Gasteiger partial charge in [-0.3, -0.25) is 0 Å². The number of carbonyl (C=O) groups excluding carboxylic acids is 1. The molecular weight excluding hydrogens is 288 g/mol. The highest BCUT2D eigenvalue weighted by molar-refractivity contribution is 5.82. The van der Waals surface area contributed by atoms with Gasteiger partial charge in [0.1, 0.15) is 6.61 Å². The molecule has 0 saturated heterocycles. The number of aliphatic hydroxyl groups excluding tert-OH is 1. The summed E-state index contributed by atoms with van der Waals surface area (Å²) in [6.45, 7) is 3.76. The first kappa shape index (κ1) is 19.2. The van der Waals surface area contributed by atoms with Gasteiger partial charge in [-0.05, 0) is 32.1 Å². The van der Waals surface area contributed by atoms with Gasteiger partial charge in [-0.2, -0.15) is 0 Å². The van der Waals surface area contributed by atoms with E-state index in [0.29, 0.717) is 6.42 Å². The van der Waals surface area contributed by atoms with E-state index in [1.165, 1.54) is 25.3 Å². The molecule has 0 aromatic rings. The van der Waals surface area contributed by atoms with Crippen LogP contribution < -0.4 is 0 Å². The SMILES string of the molecule is C=CCCCCC/C=C/C=C/C1/C=C\C[C@@H](O)COC(=O)/C=C\1. The zero-order valence-corrected chi connectivity index (χ0v) is 13.8. The lowest BCUT2D eigenvalue weighted by Gasteiger charge is -2.10. The van der Waals surface area contributed by atoms with Crippen LogP contribution in [0.25, 0.3) is 0 Å². The van der Waals surface area contributed by atoms with E-state index in [2.05, 4.69) is 12.7 Å². The van der Waals surface area contributed by atoms with Crippen LogP contribution in [0.5, 0.6) is 0 Å². The number of aliphatic hydroxyl groups is 1. The Hall–Kier alpha value is -1.87. The zero-order chi connectivity index (χ0) is 16.8. The highest BCUT2D eigenvalue weighted by Crippen LogP contribution is 2.09. The Kier molecular flexibility index (Phi) is 10.5. The number of esters is 1. The number of hydrogen-bond donors (Lipinski definition) is 1. The summed E-state index contributed by atoms with van der Waals surface area (Å²) in [4.78, 5) is 11.4. The van der Waals surface area contributed by atoms with Crippen LogP contribution >= 0.6 is 0 Å². The van der Waals surface area contributed by atoms with E-state index < -0.39 is 12.1 Å². The second-order valence-electron chi connectivity index (χ2n) is 5.62. The highest BCUT2D eigenvalue weighted by atomic mass is 16.5. The van der Waals surface area contributed by atoms with Crippen LogP contribution in [0, 0.1) is 5.92 Å². The molecule has 3 heteroatoms. The smallest absolute Gasteiger partial charge is 0.330 e. The fourth-order valence-electron chi connectivity index (χ4n) is 2.16. The molecule has 0 radical (unpaired) electrons. The Morgan fingerprint density at radius 1 is 1.22 bits per heavy atom. The lowest BCUT2D eigenvalue weighted by atomic mass is 10.1. The lowest BCUT2D eigenvalue weighted by molar-refractivity contribution is -0.140. The molecule has 1 aliphatic rings. The Labute approximate surface area is 139 Å². The predicted octanol–water partition coefficient (Wildman–Crippen LogP) is 4.27. The number of allylic oxidation sites excluding steroid dienone is 7. The Morgan fingerprint density at radius 3 is 2.87 bits per heavy atom. The molecule has 1 N–H and O–H groups in total. The summed E-state index contributed by atoms with van der Waals surface area (Å²) < 4.78 is 4.92. The molecule has 0 aromatic heterocycles. The molecule has 126 valence electrons. The maximum absolute atomic E-state index is 11.4. The van der Waals surface area contributed by atoms with E-state index in [1.807, 2.05) is 36.5 Å².